The Morgan fingerprint density at radius 2 is 1.71 bits per heavy atom. The lowest BCUT2D eigenvalue weighted by molar-refractivity contribution is 0.303. The quantitative estimate of drug-likeness (QED) is 0.621. The van der Waals surface area contributed by atoms with E-state index >= 15 is 0 Å². The Labute approximate surface area is 168 Å². The Morgan fingerprint density at radius 3 is 2.36 bits per heavy atom. The molecule has 0 amide bonds. The zero-order valence-corrected chi connectivity index (χ0v) is 17.0. The zero-order valence-electron chi connectivity index (χ0n) is 17.0. The number of nitrogens with zero attached hydrogens (tertiary/aromatic N) is 2. The minimum atomic E-state index is -0.139. The Morgan fingerprint density at radius 1 is 0.964 bits per heavy atom. The molecule has 4 rings (SSSR count). The molecule has 1 unspecified atom stereocenters. The van der Waals surface area contributed by atoms with Crippen molar-refractivity contribution in [3.05, 3.63) is 95.2 Å². The number of allylic oxidation sites excluding steroid dienone is 2. The minimum absolute atomic E-state index is 0.139. The second-order valence-electron chi connectivity index (χ2n) is 7.73. The number of hydrogen-bond donors (Lipinski definition) is 0. The van der Waals surface area contributed by atoms with Crippen LogP contribution >= 0.6 is 0 Å². The summed E-state index contributed by atoms with van der Waals surface area (Å²) >= 11 is 0. The van der Waals surface area contributed by atoms with E-state index < -0.39 is 0 Å². The van der Waals surface area contributed by atoms with Gasteiger partial charge < -0.3 is 4.90 Å². The summed E-state index contributed by atoms with van der Waals surface area (Å²) in [6.07, 6.45) is 10.8. The molecule has 0 aromatic heterocycles. The SMILES string of the molecule is CCC1(N2C=CCN=C2)CC=C(C)C(c2ccccc2)=C1c1ccc(C)cc1. The molecule has 2 aliphatic rings. The third kappa shape index (κ3) is 3.13. The molecule has 2 nitrogen and oxygen atoms in total. The molecule has 142 valence electrons. The molecule has 2 aromatic rings. The lowest BCUT2D eigenvalue weighted by atomic mass is 9.70. The summed E-state index contributed by atoms with van der Waals surface area (Å²) in [7, 11) is 0. The van der Waals surface area contributed by atoms with Gasteiger partial charge in [0.2, 0.25) is 0 Å². The van der Waals surface area contributed by atoms with Gasteiger partial charge in [0.05, 0.1) is 18.4 Å². The number of aliphatic imine (C=N–C) groups is 1. The number of benzene rings is 2. The van der Waals surface area contributed by atoms with Crippen molar-refractivity contribution in [2.75, 3.05) is 6.54 Å². The predicted molar refractivity (Wildman–Crippen MR) is 120 cm³/mol. The van der Waals surface area contributed by atoms with Gasteiger partial charge in [0, 0.05) is 6.20 Å². The van der Waals surface area contributed by atoms with Crippen LogP contribution in [-0.4, -0.2) is 23.3 Å². The first-order valence-electron chi connectivity index (χ1n) is 10.1. The van der Waals surface area contributed by atoms with E-state index in [9.17, 15) is 0 Å². The summed E-state index contributed by atoms with van der Waals surface area (Å²) in [6, 6.07) is 19.8. The van der Waals surface area contributed by atoms with Gasteiger partial charge in [-0.05, 0) is 60.6 Å². The Bertz CT molecular complexity index is 949. The maximum absolute atomic E-state index is 4.56. The highest BCUT2D eigenvalue weighted by Gasteiger charge is 2.41. The van der Waals surface area contributed by atoms with E-state index in [1.54, 1.807) is 0 Å². The summed E-state index contributed by atoms with van der Waals surface area (Å²) in [5.74, 6) is 0. The van der Waals surface area contributed by atoms with Crippen molar-refractivity contribution in [3.8, 4) is 0 Å². The van der Waals surface area contributed by atoms with Crippen LogP contribution in [0.1, 0.15) is 43.4 Å². The molecule has 1 aliphatic carbocycles. The second kappa shape index (κ2) is 7.63. The second-order valence-corrected chi connectivity index (χ2v) is 7.73. The molecule has 0 radical (unpaired) electrons. The average molecular weight is 369 g/mol. The summed E-state index contributed by atoms with van der Waals surface area (Å²) in [5, 5.41) is 0. The van der Waals surface area contributed by atoms with Crippen molar-refractivity contribution in [2.24, 2.45) is 4.99 Å². The van der Waals surface area contributed by atoms with Gasteiger partial charge in [0.1, 0.15) is 0 Å². The molecule has 1 atom stereocenters. The van der Waals surface area contributed by atoms with Crippen LogP contribution in [0.4, 0.5) is 0 Å². The largest absolute Gasteiger partial charge is 0.329 e. The zero-order chi connectivity index (χ0) is 19.6. The summed E-state index contributed by atoms with van der Waals surface area (Å²) in [4.78, 5) is 6.89. The first-order chi connectivity index (χ1) is 13.7. The van der Waals surface area contributed by atoms with Gasteiger partial charge >= 0.3 is 0 Å². The van der Waals surface area contributed by atoms with Gasteiger partial charge in [-0.2, -0.15) is 0 Å². The monoisotopic (exact) mass is 368 g/mol. The number of rotatable bonds is 4. The van der Waals surface area contributed by atoms with Crippen molar-refractivity contribution < 1.29 is 0 Å². The van der Waals surface area contributed by atoms with E-state index in [-0.39, 0.29) is 5.54 Å². The summed E-state index contributed by atoms with van der Waals surface area (Å²) in [6.45, 7) is 7.45. The van der Waals surface area contributed by atoms with Crippen LogP contribution in [0.5, 0.6) is 0 Å². The van der Waals surface area contributed by atoms with E-state index in [0.29, 0.717) is 0 Å². The van der Waals surface area contributed by atoms with Crippen LogP contribution in [0.2, 0.25) is 0 Å². The average Bonchev–Trinajstić information content (AvgIpc) is 2.75. The first-order valence-corrected chi connectivity index (χ1v) is 10.1. The summed E-state index contributed by atoms with van der Waals surface area (Å²) < 4.78 is 0. The fourth-order valence-corrected chi connectivity index (χ4v) is 4.45. The van der Waals surface area contributed by atoms with Crippen molar-refractivity contribution >= 4 is 17.5 Å². The first kappa shape index (κ1) is 18.5. The van der Waals surface area contributed by atoms with Crippen LogP contribution in [0.25, 0.3) is 11.1 Å². The van der Waals surface area contributed by atoms with Gasteiger partial charge in [-0.25, -0.2) is 0 Å². The molecule has 0 bridgehead atoms. The van der Waals surface area contributed by atoms with Gasteiger partial charge in [0.25, 0.3) is 0 Å². The third-order valence-electron chi connectivity index (χ3n) is 6.02. The Hall–Kier alpha value is -2.87. The Kier molecular flexibility index (Phi) is 5.04. The van der Waals surface area contributed by atoms with Crippen LogP contribution in [0.15, 0.2) is 83.5 Å². The maximum atomic E-state index is 4.56. The fraction of sp³-hybridized carbons (Fsp3) is 0.269. The van der Waals surface area contributed by atoms with Gasteiger partial charge in [-0.1, -0.05) is 73.2 Å². The van der Waals surface area contributed by atoms with Crippen LogP contribution in [-0.2, 0) is 0 Å². The van der Waals surface area contributed by atoms with E-state index in [1.165, 1.54) is 33.4 Å². The lowest BCUT2D eigenvalue weighted by Crippen LogP contribution is -2.47. The molecule has 1 aliphatic heterocycles. The highest BCUT2D eigenvalue weighted by atomic mass is 15.2. The highest BCUT2D eigenvalue weighted by Crippen LogP contribution is 2.48. The molecular formula is C26H28N2. The minimum Gasteiger partial charge on any atom is -0.329 e. The standard InChI is InChI=1S/C26H28N2/c1-4-26(28-18-8-17-27-19-28)16-15-21(3)24(22-9-6-5-7-10-22)25(26)23-13-11-20(2)12-14-23/h5-15,18-19H,4,16-17H2,1-3H3. The van der Waals surface area contributed by atoms with Crippen molar-refractivity contribution in [1.29, 1.82) is 0 Å². The molecule has 28 heavy (non-hydrogen) atoms. The molecule has 1 heterocycles. The third-order valence-corrected chi connectivity index (χ3v) is 6.02. The molecule has 0 saturated carbocycles. The molecule has 2 aromatic carbocycles. The molecule has 0 saturated heterocycles. The maximum Gasteiger partial charge on any atom is 0.0901 e. The van der Waals surface area contributed by atoms with E-state index in [1.807, 2.05) is 6.34 Å². The smallest absolute Gasteiger partial charge is 0.0901 e. The molecular weight excluding hydrogens is 340 g/mol. The Balaban J connectivity index is 2.02. The van der Waals surface area contributed by atoms with Crippen molar-refractivity contribution in [1.82, 2.24) is 4.90 Å². The molecule has 0 N–H and O–H groups in total. The molecule has 2 heteroatoms. The van der Waals surface area contributed by atoms with Gasteiger partial charge in [-0.3, -0.25) is 4.99 Å². The fourth-order valence-electron chi connectivity index (χ4n) is 4.45. The van der Waals surface area contributed by atoms with Crippen LogP contribution in [0.3, 0.4) is 0 Å². The lowest BCUT2D eigenvalue weighted by Gasteiger charge is -2.46. The highest BCUT2D eigenvalue weighted by molar-refractivity contribution is 6.03. The topological polar surface area (TPSA) is 15.6 Å². The van der Waals surface area contributed by atoms with Crippen LogP contribution < -0.4 is 0 Å². The molecule has 0 fully saturated rings. The van der Waals surface area contributed by atoms with Gasteiger partial charge in [-0.15, -0.1) is 0 Å². The summed E-state index contributed by atoms with van der Waals surface area (Å²) in [5.41, 5.74) is 7.83. The van der Waals surface area contributed by atoms with Crippen molar-refractivity contribution in [3.63, 3.8) is 0 Å². The normalized spacial score (nSPS) is 21.8. The number of aryl methyl sites for hydroxylation is 1. The van der Waals surface area contributed by atoms with Gasteiger partial charge in [0.15, 0.2) is 0 Å². The van der Waals surface area contributed by atoms with E-state index in [4.69, 9.17) is 0 Å². The number of hydrogen-bond acceptors (Lipinski definition) is 2. The van der Waals surface area contributed by atoms with E-state index in [2.05, 4.69) is 104 Å². The van der Waals surface area contributed by atoms with E-state index in [0.717, 1.165) is 19.4 Å². The molecule has 0 spiro atoms. The predicted octanol–water partition coefficient (Wildman–Crippen LogP) is 6.26. The van der Waals surface area contributed by atoms with Crippen LogP contribution in [0, 0.1) is 6.92 Å². The van der Waals surface area contributed by atoms with Crippen molar-refractivity contribution in [2.45, 2.75) is 39.2 Å².